The molecule has 1 saturated heterocycles. The van der Waals surface area contributed by atoms with Crippen LogP contribution in [0.25, 0.3) is 0 Å². The van der Waals surface area contributed by atoms with E-state index in [1.54, 1.807) is 6.92 Å². The molecule has 1 aliphatic rings. The standard InChI is InChI=1S/C19H31N5O/c1-4-20-19(24-14-12-23(13-15-24)17(2)25)21-10-11-22(3)16-18-8-6-5-7-9-18/h5-9H,4,10-16H2,1-3H3,(H,20,21). The zero-order valence-corrected chi connectivity index (χ0v) is 15.7. The molecule has 0 saturated carbocycles. The number of piperazine rings is 1. The van der Waals surface area contributed by atoms with E-state index in [2.05, 4.69) is 53.4 Å². The predicted octanol–water partition coefficient (Wildman–Crippen LogP) is 1.25. The van der Waals surface area contributed by atoms with Gasteiger partial charge >= 0.3 is 0 Å². The summed E-state index contributed by atoms with van der Waals surface area (Å²) in [6.45, 7) is 10.4. The van der Waals surface area contributed by atoms with Gasteiger partial charge in [0.1, 0.15) is 0 Å². The summed E-state index contributed by atoms with van der Waals surface area (Å²) in [6.07, 6.45) is 0. The largest absolute Gasteiger partial charge is 0.357 e. The third-order valence-electron chi connectivity index (χ3n) is 4.40. The predicted molar refractivity (Wildman–Crippen MR) is 103 cm³/mol. The number of benzene rings is 1. The van der Waals surface area contributed by atoms with Crippen LogP contribution < -0.4 is 5.32 Å². The van der Waals surface area contributed by atoms with Gasteiger partial charge in [-0.1, -0.05) is 30.3 Å². The highest BCUT2D eigenvalue weighted by Crippen LogP contribution is 2.04. The topological polar surface area (TPSA) is 51.2 Å². The second-order valence-electron chi connectivity index (χ2n) is 6.45. The van der Waals surface area contributed by atoms with Gasteiger partial charge in [-0.05, 0) is 19.5 Å². The third kappa shape index (κ3) is 6.38. The van der Waals surface area contributed by atoms with Gasteiger partial charge in [-0.25, -0.2) is 0 Å². The van der Waals surface area contributed by atoms with Gasteiger partial charge in [-0.2, -0.15) is 0 Å². The van der Waals surface area contributed by atoms with Crippen molar-refractivity contribution in [3.05, 3.63) is 35.9 Å². The molecule has 0 unspecified atom stereocenters. The summed E-state index contributed by atoms with van der Waals surface area (Å²) in [5.74, 6) is 1.11. The lowest BCUT2D eigenvalue weighted by Gasteiger charge is -2.36. The highest BCUT2D eigenvalue weighted by atomic mass is 16.2. The summed E-state index contributed by atoms with van der Waals surface area (Å²) in [4.78, 5) is 22.7. The maximum Gasteiger partial charge on any atom is 0.219 e. The van der Waals surface area contributed by atoms with Crippen molar-refractivity contribution in [1.29, 1.82) is 0 Å². The smallest absolute Gasteiger partial charge is 0.219 e. The highest BCUT2D eigenvalue weighted by molar-refractivity contribution is 5.80. The molecule has 0 bridgehead atoms. The molecule has 1 amide bonds. The van der Waals surface area contributed by atoms with Crippen LogP contribution in [0.5, 0.6) is 0 Å². The van der Waals surface area contributed by atoms with Crippen molar-refractivity contribution in [2.75, 3.05) is 52.9 Å². The Labute approximate surface area is 151 Å². The molecular formula is C19H31N5O. The number of hydrogen-bond acceptors (Lipinski definition) is 3. The van der Waals surface area contributed by atoms with Crippen molar-refractivity contribution in [3.63, 3.8) is 0 Å². The second-order valence-corrected chi connectivity index (χ2v) is 6.45. The van der Waals surface area contributed by atoms with E-state index in [1.165, 1.54) is 5.56 Å². The Morgan fingerprint density at radius 1 is 1.16 bits per heavy atom. The Hall–Kier alpha value is -2.08. The van der Waals surface area contributed by atoms with Crippen LogP contribution in [0.1, 0.15) is 19.4 Å². The van der Waals surface area contributed by atoms with Gasteiger partial charge in [-0.15, -0.1) is 0 Å². The zero-order valence-electron chi connectivity index (χ0n) is 15.7. The van der Waals surface area contributed by atoms with Gasteiger partial charge in [0, 0.05) is 52.7 Å². The summed E-state index contributed by atoms with van der Waals surface area (Å²) in [6, 6.07) is 10.5. The van der Waals surface area contributed by atoms with Crippen molar-refractivity contribution in [2.24, 2.45) is 4.99 Å². The van der Waals surface area contributed by atoms with Crippen LogP contribution in [0.15, 0.2) is 35.3 Å². The Kier molecular flexibility index (Phi) is 7.73. The fourth-order valence-electron chi connectivity index (χ4n) is 2.96. The molecule has 1 aromatic rings. The first-order valence-corrected chi connectivity index (χ1v) is 9.11. The number of hydrogen-bond donors (Lipinski definition) is 1. The second kappa shape index (κ2) is 10.0. The number of rotatable bonds is 6. The number of carbonyl (C=O) groups is 1. The number of carbonyl (C=O) groups excluding carboxylic acids is 1. The number of likely N-dealkylation sites (N-methyl/N-ethyl adjacent to an activating group) is 1. The van der Waals surface area contributed by atoms with E-state index in [0.717, 1.165) is 58.3 Å². The van der Waals surface area contributed by atoms with Crippen LogP contribution in [0, 0.1) is 0 Å². The molecule has 0 aromatic heterocycles. The van der Waals surface area contributed by atoms with Gasteiger partial charge in [0.05, 0.1) is 6.54 Å². The molecule has 1 heterocycles. The summed E-state index contributed by atoms with van der Waals surface area (Å²) in [5.41, 5.74) is 1.32. The van der Waals surface area contributed by atoms with Crippen molar-refractivity contribution in [2.45, 2.75) is 20.4 Å². The molecule has 6 nitrogen and oxygen atoms in total. The summed E-state index contributed by atoms with van der Waals surface area (Å²) < 4.78 is 0. The number of aliphatic imine (C=N–C) groups is 1. The molecule has 1 aliphatic heterocycles. The minimum absolute atomic E-state index is 0.157. The first-order valence-electron chi connectivity index (χ1n) is 9.11. The van der Waals surface area contributed by atoms with E-state index in [9.17, 15) is 4.79 Å². The maximum absolute atomic E-state index is 11.5. The van der Waals surface area contributed by atoms with Gasteiger partial charge in [0.25, 0.3) is 0 Å². The van der Waals surface area contributed by atoms with E-state index in [0.29, 0.717) is 0 Å². The van der Waals surface area contributed by atoms with Crippen molar-refractivity contribution in [3.8, 4) is 0 Å². The fourth-order valence-corrected chi connectivity index (χ4v) is 2.96. The minimum atomic E-state index is 0.157. The van der Waals surface area contributed by atoms with Crippen molar-refractivity contribution in [1.82, 2.24) is 20.0 Å². The van der Waals surface area contributed by atoms with Gasteiger partial charge in [-0.3, -0.25) is 9.79 Å². The average molecular weight is 345 g/mol. The quantitative estimate of drug-likeness (QED) is 0.623. The summed E-state index contributed by atoms with van der Waals surface area (Å²) in [5, 5.41) is 3.37. The molecule has 0 spiro atoms. The van der Waals surface area contributed by atoms with Crippen LogP contribution in [0.4, 0.5) is 0 Å². The molecule has 6 heteroatoms. The van der Waals surface area contributed by atoms with Gasteiger partial charge in [0.15, 0.2) is 5.96 Å². The Balaban J connectivity index is 1.82. The summed E-state index contributed by atoms with van der Waals surface area (Å²) in [7, 11) is 2.13. The molecular weight excluding hydrogens is 314 g/mol. The van der Waals surface area contributed by atoms with Crippen LogP contribution in [-0.4, -0.2) is 79.4 Å². The molecule has 1 N–H and O–H groups in total. The first kappa shape index (κ1) is 19.2. The molecule has 1 aromatic carbocycles. The summed E-state index contributed by atoms with van der Waals surface area (Å²) >= 11 is 0. The Bertz CT molecular complexity index is 552. The van der Waals surface area contributed by atoms with Crippen LogP contribution in [0.2, 0.25) is 0 Å². The molecule has 0 radical (unpaired) electrons. The van der Waals surface area contributed by atoms with Crippen LogP contribution in [0.3, 0.4) is 0 Å². The molecule has 0 aliphatic carbocycles. The number of nitrogens with zero attached hydrogens (tertiary/aromatic N) is 4. The first-order chi connectivity index (χ1) is 12.1. The minimum Gasteiger partial charge on any atom is -0.357 e. The lowest BCUT2D eigenvalue weighted by atomic mass is 10.2. The molecule has 1 fully saturated rings. The van der Waals surface area contributed by atoms with Crippen molar-refractivity contribution < 1.29 is 4.79 Å². The molecule has 138 valence electrons. The normalized spacial score (nSPS) is 15.6. The average Bonchev–Trinajstić information content (AvgIpc) is 2.62. The Morgan fingerprint density at radius 3 is 2.40 bits per heavy atom. The van der Waals surface area contributed by atoms with Gasteiger partial charge in [0.2, 0.25) is 5.91 Å². The van der Waals surface area contributed by atoms with E-state index in [4.69, 9.17) is 4.99 Å². The number of nitrogens with one attached hydrogen (secondary N) is 1. The number of amides is 1. The molecule has 25 heavy (non-hydrogen) atoms. The third-order valence-corrected chi connectivity index (χ3v) is 4.40. The lowest BCUT2D eigenvalue weighted by molar-refractivity contribution is -0.130. The monoisotopic (exact) mass is 345 g/mol. The maximum atomic E-state index is 11.5. The van der Waals surface area contributed by atoms with E-state index in [-0.39, 0.29) is 5.91 Å². The zero-order chi connectivity index (χ0) is 18.1. The van der Waals surface area contributed by atoms with Crippen LogP contribution >= 0.6 is 0 Å². The fraction of sp³-hybridized carbons (Fsp3) is 0.579. The van der Waals surface area contributed by atoms with Crippen LogP contribution in [-0.2, 0) is 11.3 Å². The Morgan fingerprint density at radius 2 is 1.80 bits per heavy atom. The van der Waals surface area contributed by atoms with Crippen molar-refractivity contribution >= 4 is 11.9 Å². The lowest BCUT2D eigenvalue weighted by Crippen LogP contribution is -2.53. The number of guanidine groups is 1. The van der Waals surface area contributed by atoms with E-state index in [1.807, 2.05) is 11.0 Å². The highest BCUT2D eigenvalue weighted by Gasteiger charge is 2.20. The SMILES string of the molecule is CCNC(=NCCN(C)Cc1ccccc1)N1CCN(C(C)=O)CC1. The van der Waals surface area contributed by atoms with E-state index >= 15 is 0 Å². The van der Waals surface area contributed by atoms with E-state index < -0.39 is 0 Å². The van der Waals surface area contributed by atoms with Gasteiger partial charge < -0.3 is 20.0 Å². The molecule has 0 atom stereocenters. The molecule has 2 rings (SSSR count).